The third kappa shape index (κ3) is 2.34. The Kier molecular flexibility index (Phi) is 4.07. The zero-order valence-electron chi connectivity index (χ0n) is 11.0. The minimum absolute atomic E-state index is 0.358. The van der Waals surface area contributed by atoms with E-state index in [9.17, 15) is 0 Å². The smallest absolute Gasteiger partial charge is 0.0417 e. The molecule has 0 radical (unpaired) electrons. The summed E-state index contributed by atoms with van der Waals surface area (Å²) in [5.41, 5.74) is 2.09. The summed E-state index contributed by atoms with van der Waals surface area (Å²) in [4.78, 5) is 0. The Morgan fingerprint density at radius 1 is 1.12 bits per heavy atom. The highest BCUT2D eigenvalue weighted by Gasteiger charge is 2.39. The fourth-order valence-corrected chi connectivity index (χ4v) is 3.50. The zero-order valence-corrected chi connectivity index (χ0v) is 11.0. The maximum atomic E-state index is 3.82. The first kappa shape index (κ1) is 12.2. The second-order valence-electron chi connectivity index (χ2n) is 5.84. The van der Waals surface area contributed by atoms with E-state index in [4.69, 9.17) is 0 Å². The summed E-state index contributed by atoms with van der Waals surface area (Å²) in [5, 5.41) is 3.82. The highest BCUT2D eigenvalue weighted by molar-refractivity contribution is 5.24. The Morgan fingerprint density at radius 3 is 2.62 bits per heavy atom. The van der Waals surface area contributed by atoms with Gasteiger partial charge in [-0.25, -0.2) is 0 Å². The molecular weight excluding hydrogens is 194 g/mol. The lowest BCUT2D eigenvalue weighted by Gasteiger charge is -2.37. The van der Waals surface area contributed by atoms with Crippen LogP contribution in [-0.2, 0) is 0 Å². The van der Waals surface area contributed by atoms with Gasteiger partial charge < -0.3 is 5.32 Å². The van der Waals surface area contributed by atoms with Gasteiger partial charge in [0.1, 0.15) is 0 Å². The Morgan fingerprint density at radius 2 is 1.94 bits per heavy atom. The molecular formula is C15H27N. The van der Waals surface area contributed by atoms with Crippen LogP contribution >= 0.6 is 0 Å². The molecule has 92 valence electrons. The molecule has 1 N–H and O–H groups in total. The Hall–Kier alpha value is -0.300. The van der Waals surface area contributed by atoms with Gasteiger partial charge >= 0.3 is 0 Å². The Labute approximate surface area is 101 Å². The average Bonchev–Trinajstić information content (AvgIpc) is 2.66. The van der Waals surface area contributed by atoms with Gasteiger partial charge in [0, 0.05) is 5.54 Å². The van der Waals surface area contributed by atoms with Crippen molar-refractivity contribution >= 4 is 0 Å². The molecule has 1 atom stereocenters. The van der Waals surface area contributed by atoms with Crippen LogP contribution in [-0.4, -0.2) is 12.1 Å². The Bertz CT molecular complexity index is 246. The number of hydrogen-bond donors (Lipinski definition) is 1. The fourth-order valence-electron chi connectivity index (χ4n) is 3.50. The van der Waals surface area contributed by atoms with Crippen LogP contribution < -0.4 is 5.32 Å². The van der Waals surface area contributed by atoms with E-state index in [0.29, 0.717) is 5.54 Å². The Balaban J connectivity index is 2.17. The number of hydrogen-bond acceptors (Lipinski definition) is 1. The predicted molar refractivity (Wildman–Crippen MR) is 70.6 cm³/mol. The first-order chi connectivity index (χ1) is 7.76. The van der Waals surface area contributed by atoms with Crippen LogP contribution in [0.4, 0.5) is 0 Å². The first-order valence-electron chi connectivity index (χ1n) is 7.20. The number of rotatable bonds is 2. The minimum Gasteiger partial charge on any atom is -0.307 e. The fraction of sp³-hybridized carbons (Fsp3) is 0.867. The third-order valence-electron chi connectivity index (χ3n) is 4.54. The van der Waals surface area contributed by atoms with E-state index >= 15 is 0 Å². The van der Waals surface area contributed by atoms with Crippen LogP contribution in [0.25, 0.3) is 0 Å². The van der Waals surface area contributed by atoms with Gasteiger partial charge in [-0.05, 0) is 51.0 Å². The molecule has 1 unspecified atom stereocenters. The van der Waals surface area contributed by atoms with Gasteiger partial charge in [0.25, 0.3) is 0 Å². The number of nitrogens with one attached hydrogen (secondary N) is 1. The second kappa shape index (κ2) is 5.35. The van der Waals surface area contributed by atoms with Gasteiger partial charge in [0.05, 0.1) is 0 Å². The molecule has 2 aliphatic rings. The third-order valence-corrected chi connectivity index (χ3v) is 4.54. The van der Waals surface area contributed by atoms with Crippen LogP contribution in [0.1, 0.15) is 65.2 Å². The quantitative estimate of drug-likeness (QED) is 0.694. The van der Waals surface area contributed by atoms with Gasteiger partial charge in [-0.15, -0.1) is 0 Å². The lowest BCUT2D eigenvalue weighted by atomic mass is 9.75. The normalized spacial score (nSPS) is 32.3. The summed E-state index contributed by atoms with van der Waals surface area (Å²) in [7, 11) is 0. The van der Waals surface area contributed by atoms with Crippen molar-refractivity contribution in [1.82, 2.24) is 5.32 Å². The van der Waals surface area contributed by atoms with Crippen molar-refractivity contribution in [3.05, 3.63) is 11.6 Å². The zero-order chi connectivity index (χ0) is 11.4. The molecule has 1 aliphatic carbocycles. The van der Waals surface area contributed by atoms with Crippen molar-refractivity contribution in [2.45, 2.75) is 70.8 Å². The summed E-state index contributed by atoms with van der Waals surface area (Å²) >= 11 is 0. The van der Waals surface area contributed by atoms with Crippen molar-refractivity contribution < 1.29 is 0 Å². The molecule has 0 spiro atoms. The molecule has 0 saturated carbocycles. The molecule has 16 heavy (non-hydrogen) atoms. The standard InChI is InChI=1S/C15H27N/c1-13(2)15(11-8-12-16-15)14-9-6-4-3-5-7-10-14/h9,13,16H,3-8,10-12H2,1-2H3. The predicted octanol–water partition coefficient (Wildman–Crippen LogP) is 4.05. The van der Waals surface area contributed by atoms with Gasteiger partial charge in [0.15, 0.2) is 0 Å². The van der Waals surface area contributed by atoms with Gasteiger partial charge in [-0.3, -0.25) is 0 Å². The lowest BCUT2D eigenvalue weighted by molar-refractivity contribution is 0.311. The summed E-state index contributed by atoms with van der Waals surface area (Å²) in [5.74, 6) is 0.737. The first-order valence-corrected chi connectivity index (χ1v) is 7.20. The monoisotopic (exact) mass is 221 g/mol. The van der Waals surface area contributed by atoms with E-state index in [0.717, 1.165) is 5.92 Å². The van der Waals surface area contributed by atoms with Gasteiger partial charge in [-0.2, -0.15) is 0 Å². The topological polar surface area (TPSA) is 12.0 Å². The molecule has 0 aromatic rings. The molecule has 2 rings (SSSR count). The maximum absolute atomic E-state index is 3.82. The van der Waals surface area contributed by atoms with E-state index in [-0.39, 0.29) is 0 Å². The number of allylic oxidation sites excluding steroid dienone is 1. The van der Waals surface area contributed by atoms with E-state index in [1.54, 1.807) is 5.57 Å². The van der Waals surface area contributed by atoms with E-state index in [1.165, 1.54) is 57.9 Å². The van der Waals surface area contributed by atoms with Crippen molar-refractivity contribution in [2.24, 2.45) is 5.92 Å². The van der Waals surface area contributed by atoms with E-state index < -0.39 is 0 Å². The minimum atomic E-state index is 0.358. The summed E-state index contributed by atoms with van der Waals surface area (Å²) in [6.07, 6.45) is 13.6. The van der Waals surface area contributed by atoms with Crippen LogP contribution in [0.15, 0.2) is 11.6 Å². The molecule has 1 nitrogen and oxygen atoms in total. The summed E-state index contributed by atoms with van der Waals surface area (Å²) in [6, 6.07) is 0. The lowest BCUT2D eigenvalue weighted by Crippen LogP contribution is -2.46. The van der Waals surface area contributed by atoms with Gasteiger partial charge in [0.2, 0.25) is 0 Å². The molecule has 1 heterocycles. The molecule has 0 bridgehead atoms. The molecule has 0 aromatic heterocycles. The highest BCUT2D eigenvalue weighted by Crippen LogP contribution is 2.38. The molecule has 1 saturated heterocycles. The second-order valence-corrected chi connectivity index (χ2v) is 5.84. The molecule has 0 aromatic carbocycles. The largest absolute Gasteiger partial charge is 0.307 e. The average molecular weight is 221 g/mol. The maximum Gasteiger partial charge on any atom is 0.0417 e. The van der Waals surface area contributed by atoms with E-state index in [1.807, 2.05) is 0 Å². The molecule has 1 heteroatoms. The molecule has 0 amide bonds. The van der Waals surface area contributed by atoms with Gasteiger partial charge in [-0.1, -0.05) is 38.3 Å². The van der Waals surface area contributed by atoms with Crippen LogP contribution in [0.2, 0.25) is 0 Å². The van der Waals surface area contributed by atoms with Crippen LogP contribution in [0.3, 0.4) is 0 Å². The van der Waals surface area contributed by atoms with Crippen molar-refractivity contribution in [1.29, 1.82) is 0 Å². The summed E-state index contributed by atoms with van der Waals surface area (Å²) in [6.45, 7) is 5.99. The van der Waals surface area contributed by atoms with Crippen molar-refractivity contribution in [3.63, 3.8) is 0 Å². The summed E-state index contributed by atoms with van der Waals surface area (Å²) < 4.78 is 0. The van der Waals surface area contributed by atoms with Crippen LogP contribution in [0.5, 0.6) is 0 Å². The van der Waals surface area contributed by atoms with Crippen molar-refractivity contribution in [3.8, 4) is 0 Å². The van der Waals surface area contributed by atoms with Crippen molar-refractivity contribution in [2.75, 3.05) is 6.54 Å². The SMILES string of the molecule is CC(C)C1(C2=CCCCCCC2)CCCN1. The molecule has 1 fully saturated rings. The highest BCUT2D eigenvalue weighted by atomic mass is 15.0. The van der Waals surface area contributed by atoms with E-state index in [2.05, 4.69) is 25.2 Å². The van der Waals surface area contributed by atoms with Crippen LogP contribution in [0, 0.1) is 5.92 Å². The molecule has 1 aliphatic heterocycles.